The molecule has 1 aromatic heterocycles. The zero-order chi connectivity index (χ0) is 24.5. The van der Waals surface area contributed by atoms with Crippen molar-refractivity contribution < 1.29 is 9.18 Å². The molecule has 0 unspecified atom stereocenters. The maximum Gasteiger partial charge on any atom is 0.227 e. The molecule has 5 rings (SSSR count). The van der Waals surface area contributed by atoms with Gasteiger partial charge in [0.15, 0.2) is 0 Å². The summed E-state index contributed by atoms with van der Waals surface area (Å²) in [6, 6.07) is 13.4. The number of benzene rings is 2. The number of amides is 1. The summed E-state index contributed by atoms with van der Waals surface area (Å²) in [4.78, 5) is 24.9. The predicted octanol–water partition coefficient (Wildman–Crippen LogP) is 4.97. The van der Waals surface area contributed by atoms with E-state index in [1.54, 1.807) is 12.1 Å². The Hall–Kier alpha value is -2.64. The fraction of sp³-hybridized carbons (Fsp3) is 0.481. The Labute approximate surface area is 211 Å². The van der Waals surface area contributed by atoms with Gasteiger partial charge in [0.25, 0.3) is 0 Å². The third-order valence-corrected chi connectivity index (χ3v) is 7.55. The number of para-hydroxylation sites is 2. The van der Waals surface area contributed by atoms with E-state index >= 15 is 0 Å². The van der Waals surface area contributed by atoms with E-state index in [0.717, 1.165) is 62.6 Å². The van der Waals surface area contributed by atoms with Gasteiger partial charge >= 0.3 is 0 Å². The smallest absolute Gasteiger partial charge is 0.227 e. The molecule has 1 amide bonds. The molecule has 0 N–H and O–H groups in total. The van der Waals surface area contributed by atoms with E-state index in [-0.39, 0.29) is 16.8 Å². The number of piperazine rings is 1. The Morgan fingerprint density at radius 1 is 1.11 bits per heavy atom. The minimum absolute atomic E-state index is 0.0208. The number of piperidine rings is 1. The third kappa shape index (κ3) is 5.02. The zero-order valence-corrected chi connectivity index (χ0v) is 21.2. The summed E-state index contributed by atoms with van der Waals surface area (Å²) in [5.41, 5.74) is 3.10. The first kappa shape index (κ1) is 24.1. The lowest BCUT2D eigenvalue weighted by atomic mass is 9.96. The Bertz CT molecular complexity index is 1200. The van der Waals surface area contributed by atoms with Crippen molar-refractivity contribution in [2.24, 2.45) is 5.92 Å². The number of fused-ring (bicyclic) bond motifs is 1. The molecule has 0 radical (unpaired) electrons. The number of rotatable bonds is 5. The second kappa shape index (κ2) is 10.2. The SMILES string of the molecule is CC(C)n1c(CN2CCC[C@H](C(=O)N3CCN(c4ccc(F)c(Cl)c4)CC3)C2)nc2ccccc21. The molecule has 35 heavy (non-hydrogen) atoms. The van der Waals surface area contributed by atoms with E-state index in [0.29, 0.717) is 19.1 Å². The summed E-state index contributed by atoms with van der Waals surface area (Å²) >= 11 is 5.96. The highest BCUT2D eigenvalue weighted by atomic mass is 35.5. The molecule has 0 bridgehead atoms. The molecule has 0 spiro atoms. The van der Waals surface area contributed by atoms with Gasteiger partial charge in [-0.2, -0.15) is 0 Å². The molecule has 3 heterocycles. The lowest BCUT2D eigenvalue weighted by molar-refractivity contribution is -0.137. The first-order valence-electron chi connectivity index (χ1n) is 12.6. The van der Waals surface area contributed by atoms with Crippen LogP contribution in [0, 0.1) is 11.7 Å². The number of imidazole rings is 1. The van der Waals surface area contributed by atoms with E-state index in [9.17, 15) is 9.18 Å². The van der Waals surface area contributed by atoms with E-state index in [2.05, 4.69) is 46.4 Å². The Morgan fingerprint density at radius 2 is 1.89 bits per heavy atom. The number of aromatic nitrogens is 2. The summed E-state index contributed by atoms with van der Waals surface area (Å²) in [6.07, 6.45) is 1.95. The molecule has 0 saturated carbocycles. The number of anilines is 1. The standard InChI is InChI=1S/C27H33ClFN5O/c1-19(2)34-25-8-4-3-7-24(25)30-26(34)18-31-11-5-6-20(17-31)27(35)33-14-12-32(13-15-33)21-9-10-23(29)22(28)16-21/h3-4,7-10,16,19-20H,5-6,11-15,17-18H2,1-2H3/t20-/m0/s1. The van der Waals surface area contributed by atoms with Gasteiger partial charge in [-0.3, -0.25) is 9.69 Å². The van der Waals surface area contributed by atoms with Gasteiger partial charge in [0.2, 0.25) is 5.91 Å². The summed E-state index contributed by atoms with van der Waals surface area (Å²) in [6.45, 7) is 9.71. The summed E-state index contributed by atoms with van der Waals surface area (Å²) in [7, 11) is 0. The first-order chi connectivity index (χ1) is 16.9. The van der Waals surface area contributed by atoms with Crippen LogP contribution in [0.1, 0.15) is 38.6 Å². The average molecular weight is 498 g/mol. The average Bonchev–Trinajstić information content (AvgIpc) is 3.23. The van der Waals surface area contributed by atoms with Crippen molar-refractivity contribution in [3.8, 4) is 0 Å². The van der Waals surface area contributed by atoms with Crippen LogP contribution < -0.4 is 4.90 Å². The van der Waals surface area contributed by atoms with Crippen LogP contribution in [0.2, 0.25) is 5.02 Å². The summed E-state index contributed by atoms with van der Waals surface area (Å²) in [5.74, 6) is 0.937. The van der Waals surface area contributed by atoms with Gasteiger partial charge in [0, 0.05) is 44.5 Å². The van der Waals surface area contributed by atoms with Crippen LogP contribution in [-0.4, -0.2) is 64.5 Å². The molecule has 2 aliphatic heterocycles. The van der Waals surface area contributed by atoms with Crippen LogP contribution in [0.4, 0.5) is 10.1 Å². The molecule has 186 valence electrons. The number of halogens is 2. The highest BCUT2D eigenvalue weighted by molar-refractivity contribution is 6.31. The van der Waals surface area contributed by atoms with Crippen molar-refractivity contribution in [3.63, 3.8) is 0 Å². The Kier molecular flexibility index (Phi) is 6.98. The van der Waals surface area contributed by atoms with Gasteiger partial charge < -0.3 is 14.4 Å². The van der Waals surface area contributed by atoms with Crippen molar-refractivity contribution in [1.82, 2.24) is 19.4 Å². The molecule has 2 aliphatic rings. The van der Waals surface area contributed by atoms with Crippen molar-refractivity contribution in [3.05, 3.63) is 59.1 Å². The molecular weight excluding hydrogens is 465 g/mol. The molecule has 0 aliphatic carbocycles. The van der Waals surface area contributed by atoms with Crippen LogP contribution in [0.3, 0.4) is 0 Å². The van der Waals surface area contributed by atoms with Gasteiger partial charge in [-0.15, -0.1) is 0 Å². The van der Waals surface area contributed by atoms with Gasteiger partial charge in [-0.25, -0.2) is 9.37 Å². The molecule has 2 fully saturated rings. The lowest BCUT2D eigenvalue weighted by Gasteiger charge is -2.39. The van der Waals surface area contributed by atoms with E-state index < -0.39 is 5.82 Å². The number of carbonyl (C=O) groups is 1. The highest BCUT2D eigenvalue weighted by Gasteiger charge is 2.32. The maximum absolute atomic E-state index is 13.5. The van der Waals surface area contributed by atoms with Crippen molar-refractivity contribution in [2.45, 2.75) is 39.3 Å². The third-order valence-electron chi connectivity index (χ3n) is 7.26. The van der Waals surface area contributed by atoms with Crippen molar-refractivity contribution >= 4 is 34.2 Å². The first-order valence-corrected chi connectivity index (χ1v) is 13.0. The zero-order valence-electron chi connectivity index (χ0n) is 20.5. The minimum atomic E-state index is -0.407. The molecule has 2 saturated heterocycles. The number of nitrogens with zero attached hydrogens (tertiary/aromatic N) is 5. The van der Waals surface area contributed by atoms with Gasteiger partial charge in [0.1, 0.15) is 11.6 Å². The largest absolute Gasteiger partial charge is 0.368 e. The van der Waals surface area contributed by atoms with Crippen molar-refractivity contribution in [2.75, 3.05) is 44.2 Å². The van der Waals surface area contributed by atoms with Crippen molar-refractivity contribution in [1.29, 1.82) is 0 Å². The summed E-state index contributed by atoms with van der Waals surface area (Å²) < 4.78 is 15.8. The molecule has 1 atom stereocenters. The Balaban J connectivity index is 1.21. The second-order valence-electron chi connectivity index (χ2n) is 9.97. The summed E-state index contributed by atoms with van der Waals surface area (Å²) in [5, 5.41) is 0.134. The van der Waals surface area contributed by atoms with Crippen LogP contribution >= 0.6 is 11.6 Å². The van der Waals surface area contributed by atoms with Gasteiger partial charge in [-0.1, -0.05) is 23.7 Å². The molecule has 6 nitrogen and oxygen atoms in total. The van der Waals surface area contributed by atoms with E-state index in [1.807, 2.05) is 11.0 Å². The number of hydrogen-bond acceptors (Lipinski definition) is 4. The van der Waals surface area contributed by atoms with Crippen LogP contribution in [0.5, 0.6) is 0 Å². The molecule has 3 aromatic rings. The molecule has 2 aromatic carbocycles. The second-order valence-corrected chi connectivity index (χ2v) is 10.4. The van der Waals surface area contributed by atoms with Crippen LogP contribution in [0.15, 0.2) is 42.5 Å². The monoisotopic (exact) mass is 497 g/mol. The van der Waals surface area contributed by atoms with Gasteiger partial charge in [-0.05, 0) is 63.6 Å². The van der Waals surface area contributed by atoms with E-state index in [4.69, 9.17) is 16.6 Å². The lowest BCUT2D eigenvalue weighted by Crippen LogP contribution is -2.52. The van der Waals surface area contributed by atoms with E-state index in [1.165, 1.54) is 11.6 Å². The number of hydrogen-bond donors (Lipinski definition) is 0. The van der Waals surface area contributed by atoms with Gasteiger partial charge in [0.05, 0.1) is 28.5 Å². The van der Waals surface area contributed by atoms with Crippen LogP contribution in [0.25, 0.3) is 11.0 Å². The normalized spacial score (nSPS) is 19.6. The molecule has 8 heteroatoms. The molecular formula is C27H33ClFN5O. The fourth-order valence-electron chi connectivity index (χ4n) is 5.51. The number of carbonyl (C=O) groups excluding carboxylic acids is 1. The quantitative estimate of drug-likeness (QED) is 0.499. The number of likely N-dealkylation sites (tertiary alicyclic amines) is 1. The maximum atomic E-state index is 13.5. The van der Waals surface area contributed by atoms with Crippen LogP contribution in [-0.2, 0) is 11.3 Å². The fourth-order valence-corrected chi connectivity index (χ4v) is 5.68. The highest BCUT2D eigenvalue weighted by Crippen LogP contribution is 2.27. The topological polar surface area (TPSA) is 44.6 Å². The Morgan fingerprint density at radius 3 is 2.63 bits per heavy atom. The predicted molar refractivity (Wildman–Crippen MR) is 138 cm³/mol. The minimum Gasteiger partial charge on any atom is -0.368 e.